The lowest BCUT2D eigenvalue weighted by Crippen LogP contribution is -2.11. The van der Waals surface area contributed by atoms with E-state index in [2.05, 4.69) is 63.2 Å². The van der Waals surface area contributed by atoms with Gasteiger partial charge in [0.15, 0.2) is 0 Å². The molecule has 0 aliphatic carbocycles. The Morgan fingerprint density at radius 1 is 1.12 bits per heavy atom. The summed E-state index contributed by atoms with van der Waals surface area (Å²) in [7, 11) is 2.15. The van der Waals surface area contributed by atoms with Crippen LogP contribution in [-0.4, -0.2) is 18.5 Å². The smallest absolute Gasteiger partial charge is 0.0206 e. The van der Waals surface area contributed by atoms with Crippen molar-refractivity contribution in [2.24, 2.45) is 0 Å². The molecule has 0 radical (unpaired) electrons. The molecule has 0 saturated carbocycles. The molecule has 1 heteroatoms. The second-order valence-corrected chi connectivity index (χ2v) is 5.05. The van der Waals surface area contributed by atoms with Crippen molar-refractivity contribution >= 4 is 5.57 Å². The van der Waals surface area contributed by atoms with E-state index in [0.29, 0.717) is 0 Å². The Hall–Kier alpha value is -1.50. The molecule has 0 aromatic heterocycles. The molecule has 1 aliphatic rings. The Labute approximate surface area is 104 Å². The molecular formula is C16H21N. The largest absolute Gasteiger partial charge is 0.380 e. The number of benzene rings is 1. The highest BCUT2D eigenvalue weighted by atomic mass is 15.1. The number of nitrogens with zero attached hydrogens (tertiary/aromatic N) is 1. The first-order valence-corrected chi connectivity index (χ1v) is 6.24. The fourth-order valence-corrected chi connectivity index (χ4v) is 2.24. The van der Waals surface area contributed by atoms with E-state index in [1.807, 2.05) is 0 Å². The van der Waals surface area contributed by atoms with Crippen LogP contribution in [0.1, 0.15) is 30.0 Å². The molecular weight excluding hydrogens is 206 g/mol. The van der Waals surface area contributed by atoms with Gasteiger partial charge in [-0.2, -0.15) is 0 Å². The third kappa shape index (κ3) is 2.60. The Bertz CT molecular complexity index is 480. The van der Waals surface area contributed by atoms with Crippen LogP contribution in [0.15, 0.2) is 36.0 Å². The van der Waals surface area contributed by atoms with E-state index in [0.717, 1.165) is 13.0 Å². The first-order valence-electron chi connectivity index (χ1n) is 6.24. The van der Waals surface area contributed by atoms with Crippen LogP contribution in [0, 0.1) is 13.8 Å². The van der Waals surface area contributed by atoms with Crippen LogP contribution in [0.3, 0.4) is 0 Å². The lowest BCUT2D eigenvalue weighted by Gasteiger charge is -2.14. The number of aryl methyl sites for hydroxylation is 1. The number of rotatable bonds is 1. The molecule has 1 aromatic rings. The average molecular weight is 227 g/mol. The van der Waals surface area contributed by atoms with Gasteiger partial charge in [0.25, 0.3) is 0 Å². The molecule has 90 valence electrons. The molecule has 0 amide bonds. The Morgan fingerprint density at radius 3 is 2.65 bits per heavy atom. The Morgan fingerprint density at radius 2 is 1.88 bits per heavy atom. The van der Waals surface area contributed by atoms with Crippen molar-refractivity contribution < 1.29 is 0 Å². The number of allylic oxidation sites excluding steroid dienone is 2. The molecule has 0 saturated heterocycles. The second-order valence-electron chi connectivity index (χ2n) is 5.05. The predicted octanol–water partition coefficient (Wildman–Crippen LogP) is 3.93. The molecule has 1 aromatic carbocycles. The van der Waals surface area contributed by atoms with Crippen LogP contribution in [0.4, 0.5) is 0 Å². The molecule has 0 N–H and O–H groups in total. The summed E-state index contributed by atoms with van der Waals surface area (Å²) >= 11 is 0. The zero-order valence-corrected chi connectivity index (χ0v) is 11.2. The van der Waals surface area contributed by atoms with Gasteiger partial charge in [0.05, 0.1) is 0 Å². The third-order valence-corrected chi connectivity index (χ3v) is 3.54. The minimum absolute atomic E-state index is 1.11. The van der Waals surface area contributed by atoms with Crippen molar-refractivity contribution in [3.63, 3.8) is 0 Å². The lowest BCUT2D eigenvalue weighted by atomic mass is 9.96. The van der Waals surface area contributed by atoms with Crippen molar-refractivity contribution in [3.05, 3.63) is 52.7 Å². The van der Waals surface area contributed by atoms with Gasteiger partial charge >= 0.3 is 0 Å². The van der Waals surface area contributed by atoms with Gasteiger partial charge in [-0.3, -0.25) is 0 Å². The lowest BCUT2D eigenvalue weighted by molar-refractivity contribution is 0.464. The minimum Gasteiger partial charge on any atom is -0.380 e. The van der Waals surface area contributed by atoms with Crippen molar-refractivity contribution in [1.29, 1.82) is 0 Å². The maximum absolute atomic E-state index is 2.32. The van der Waals surface area contributed by atoms with Gasteiger partial charge in [-0.1, -0.05) is 29.8 Å². The molecule has 1 nitrogen and oxygen atoms in total. The van der Waals surface area contributed by atoms with Crippen molar-refractivity contribution in [2.45, 2.75) is 27.2 Å². The summed E-state index contributed by atoms with van der Waals surface area (Å²) in [5.74, 6) is 0. The summed E-state index contributed by atoms with van der Waals surface area (Å²) in [6.45, 7) is 7.71. The normalized spacial score (nSPS) is 16.4. The zero-order chi connectivity index (χ0) is 12.4. The van der Waals surface area contributed by atoms with Crippen LogP contribution in [-0.2, 0) is 0 Å². The van der Waals surface area contributed by atoms with Gasteiger partial charge in [0, 0.05) is 19.8 Å². The standard InChI is InChI=1S/C16H21N/c1-12-8-9-17(4)11-15(10-12)16-7-5-6-13(2)14(16)3/h5-7,10-11H,8-9H2,1-4H3. The summed E-state index contributed by atoms with van der Waals surface area (Å²) < 4.78 is 0. The Kier molecular flexibility index (Phi) is 3.37. The molecule has 2 rings (SSSR count). The highest BCUT2D eigenvalue weighted by Crippen LogP contribution is 2.26. The summed E-state index contributed by atoms with van der Waals surface area (Å²) in [6, 6.07) is 6.54. The fourth-order valence-electron chi connectivity index (χ4n) is 2.24. The van der Waals surface area contributed by atoms with Gasteiger partial charge in [0.2, 0.25) is 0 Å². The van der Waals surface area contributed by atoms with Crippen LogP contribution in [0.25, 0.3) is 5.57 Å². The zero-order valence-electron chi connectivity index (χ0n) is 11.2. The molecule has 1 heterocycles. The quantitative estimate of drug-likeness (QED) is 0.702. The van der Waals surface area contributed by atoms with Crippen LogP contribution in [0.5, 0.6) is 0 Å². The highest BCUT2D eigenvalue weighted by Gasteiger charge is 2.09. The van der Waals surface area contributed by atoms with Crippen LogP contribution < -0.4 is 0 Å². The summed E-state index contributed by atoms with van der Waals surface area (Å²) in [5, 5.41) is 0. The first-order chi connectivity index (χ1) is 8.08. The van der Waals surface area contributed by atoms with Crippen molar-refractivity contribution in [3.8, 4) is 0 Å². The van der Waals surface area contributed by atoms with E-state index in [1.54, 1.807) is 0 Å². The molecule has 0 bridgehead atoms. The number of hydrogen-bond acceptors (Lipinski definition) is 1. The predicted molar refractivity (Wildman–Crippen MR) is 74.9 cm³/mol. The summed E-state index contributed by atoms with van der Waals surface area (Å²) in [4.78, 5) is 2.28. The van der Waals surface area contributed by atoms with Gasteiger partial charge in [-0.15, -0.1) is 0 Å². The van der Waals surface area contributed by atoms with Gasteiger partial charge in [-0.25, -0.2) is 0 Å². The van der Waals surface area contributed by atoms with E-state index in [9.17, 15) is 0 Å². The maximum atomic E-state index is 2.32. The Balaban J connectivity index is 2.50. The summed E-state index contributed by atoms with van der Waals surface area (Å²) in [6.07, 6.45) is 5.74. The maximum Gasteiger partial charge on any atom is 0.0206 e. The average Bonchev–Trinajstić information content (AvgIpc) is 2.45. The number of hydrogen-bond donors (Lipinski definition) is 0. The van der Waals surface area contributed by atoms with E-state index in [4.69, 9.17) is 0 Å². The highest BCUT2D eigenvalue weighted by molar-refractivity contribution is 5.77. The second kappa shape index (κ2) is 4.79. The van der Waals surface area contributed by atoms with Crippen molar-refractivity contribution in [2.75, 3.05) is 13.6 Å². The van der Waals surface area contributed by atoms with E-state index in [-0.39, 0.29) is 0 Å². The molecule has 0 atom stereocenters. The third-order valence-electron chi connectivity index (χ3n) is 3.54. The summed E-state index contributed by atoms with van der Waals surface area (Å²) in [5.41, 5.74) is 6.91. The van der Waals surface area contributed by atoms with E-state index < -0.39 is 0 Å². The molecule has 0 spiro atoms. The van der Waals surface area contributed by atoms with Crippen molar-refractivity contribution in [1.82, 2.24) is 4.90 Å². The first kappa shape index (κ1) is 12.0. The van der Waals surface area contributed by atoms with Crippen LogP contribution >= 0.6 is 0 Å². The topological polar surface area (TPSA) is 3.24 Å². The van der Waals surface area contributed by atoms with Gasteiger partial charge < -0.3 is 4.90 Å². The van der Waals surface area contributed by atoms with Crippen LogP contribution in [0.2, 0.25) is 0 Å². The molecule has 0 fully saturated rings. The van der Waals surface area contributed by atoms with Gasteiger partial charge in [0.1, 0.15) is 0 Å². The minimum atomic E-state index is 1.11. The molecule has 17 heavy (non-hydrogen) atoms. The SMILES string of the molecule is CC1=CC(c2cccc(C)c2C)=CN(C)CC1. The monoisotopic (exact) mass is 227 g/mol. The van der Waals surface area contributed by atoms with Gasteiger partial charge in [-0.05, 0) is 49.5 Å². The van der Waals surface area contributed by atoms with E-state index >= 15 is 0 Å². The molecule has 0 unspecified atom stereocenters. The fraction of sp³-hybridized carbons (Fsp3) is 0.375. The van der Waals surface area contributed by atoms with E-state index in [1.165, 1.54) is 27.8 Å². The molecule has 1 aliphatic heterocycles.